The van der Waals surface area contributed by atoms with Gasteiger partial charge in [0, 0.05) is 6.42 Å². The largest absolute Gasteiger partial charge is 0.394 e. The van der Waals surface area contributed by atoms with E-state index in [-0.39, 0.29) is 18.9 Å². The molecule has 0 bridgehead atoms. The van der Waals surface area contributed by atoms with E-state index in [0.717, 1.165) is 38.5 Å². The maximum absolute atomic E-state index is 13.2. The minimum absolute atomic E-state index is 0.239. The minimum Gasteiger partial charge on any atom is -0.394 e. The maximum Gasteiger partial charge on any atom is 0.220 e. The highest BCUT2D eigenvalue weighted by molar-refractivity contribution is 5.76. The molecular weight excluding hydrogens is 927 g/mol. The Hall–Kier alpha value is -1.73. The lowest BCUT2D eigenvalue weighted by Gasteiger charge is -2.48. The Morgan fingerprint density at radius 2 is 0.901 bits per heavy atom. The van der Waals surface area contributed by atoms with Crippen molar-refractivity contribution in [3.8, 4) is 0 Å². The van der Waals surface area contributed by atoms with Crippen molar-refractivity contribution < 1.29 is 89.4 Å². The molecule has 0 aromatic rings. The van der Waals surface area contributed by atoms with Crippen molar-refractivity contribution in [1.29, 1.82) is 0 Å². The first-order valence-electron chi connectivity index (χ1n) is 27.1. The van der Waals surface area contributed by atoms with Crippen LogP contribution in [0.25, 0.3) is 0 Å². The second-order valence-corrected chi connectivity index (χ2v) is 19.7. The Balaban J connectivity index is 1.53. The van der Waals surface area contributed by atoms with Crippen LogP contribution in [0, 0.1) is 0 Å². The van der Waals surface area contributed by atoms with Crippen molar-refractivity contribution in [2.75, 3.05) is 26.4 Å². The summed E-state index contributed by atoms with van der Waals surface area (Å²) in [7, 11) is 0. The molecule has 0 aromatic carbocycles. The van der Waals surface area contributed by atoms with Gasteiger partial charge in [-0.2, -0.15) is 0 Å². The summed E-state index contributed by atoms with van der Waals surface area (Å²) in [5.41, 5.74) is 0. The lowest BCUT2D eigenvalue weighted by molar-refractivity contribution is -0.379. The van der Waals surface area contributed by atoms with Crippen LogP contribution in [0.4, 0.5) is 0 Å². The number of hydrogen-bond donors (Lipinski definition) is 12. The molecule has 17 unspecified atom stereocenters. The number of aliphatic hydroxyl groups excluding tert-OH is 11. The molecular formula is C52H95NO18. The predicted octanol–water partition coefficient (Wildman–Crippen LogP) is 2.81. The first-order chi connectivity index (χ1) is 34.3. The third-order valence-corrected chi connectivity index (χ3v) is 13.8. The van der Waals surface area contributed by atoms with Crippen molar-refractivity contribution in [2.24, 2.45) is 0 Å². The molecule has 3 aliphatic heterocycles. The van der Waals surface area contributed by atoms with E-state index < -0.39 is 124 Å². The normalized spacial score (nSPS) is 32.4. The van der Waals surface area contributed by atoms with Crippen molar-refractivity contribution in [3.05, 3.63) is 24.3 Å². The quantitative estimate of drug-likeness (QED) is 0.0313. The molecule has 0 aromatic heterocycles. The standard InChI is InChI=1S/C52H95NO18/c1-3-5-7-9-11-13-15-16-17-18-19-20-22-24-26-28-30-40(58)53-35(36(57)29-27-25-23-21-14-12-10-8-6-4-2)34-66-50-46(64)43(61)48(38(32-55)68-50)71-52-47(65)44(62)49(39(33-56)69-52)70-51-45(63)42(60)41(59)37(31-54)67-51/h14,21,27,29,35-39,41-52,54-57,59-65H,3-13,15-20,22-26,28,30-34H2,1-2H3,(H,53,58)/b21-14+,29-27+. The van der Waals surface area contributed by atoms with E-state index in [1.54, 1.807) is 6.08 Å². The second-order valence-electron chi connectivity index (χ2n) is 19.7. The molecule has 3 heterocycles. The SMILES string of the molecule is CCCCCC/C=C/CC/C=C/C(O)C(COC1OC(CO)C(OC2OC(CO)C(OC3OC(CO)C(O)C(O)C3O)C(O)C2O)C(O)C1O)NC(=O)CCCCCCCCCCCCCCCCCC. The molecule has 416 valence electrons. The number of carbonyl (C=O) groups excluding carboxylic acids is 1. The van der Waals surface area contributed by atoms with Gasteiger partial charge in [0.25, 0.3) is 0 Å². The van der Waals surface area contributed by atoms with Gasteiger partial charge in [-0.3, -0.25) is 4.79 Å². The highest BCUT2D eigenvalue weighted by Gasteiger charge is 2.53. The van der Waals surface area contributed by atoms with Gasteiger partial charge in [-0.1, -0.05) is 154 Å². The van der Waals surface area contributed by atoms with Gasteiger partial charge in [-0.25, -0.2) is 0 Å². The fourth-order valence-corrected chi connectivity index (χ4v) is 9.20. The van der Waals surface area contributed by atoms with Gasteiger partial charge in [0.2, 0.25) is 5.91 Å². The van der Waals surface area contributed by atoms with E-state index in [0.29, 0.717) is 12.8 Å². The van der Waals surface area contributed by atoms with Crippen LogP contribution in [0.5, 0.6) is 0 Å². The third-order valence-electron chi connectivity index (χ3n) is 13.8. The van der Waals surface area contributed by atoms with Crippen molar-refractivity contribution in [3.63, 3.8) is 0 Å². The number of ether oxygens (including phenoxy) is 6. The van der Waals surface area contributed by atoms with Crippen LogP contribution in [0.3, 0.4) is 0 Å². The fraction of sp³-hybridized carbons (Fsp3) is 0.904. The topological polar surface area (TPSA) is 307 Å². The van der Waals surface area contributed by atoms with Crippen molar-refractivity contribution in [2.45, 2.75) is 272 Å². The van der Waals surface area contributed by atoms with E-state index in [9.17, 15) is 61.0 Å². The fourth-order valence-electron chi connectivity index (χ4n) is 9.20. The van der Waals surface area contributed by atoms with Crippen LogP contribution in [-0.2, 0) is 33.2 Å². The lowest BCUT2D eigenvalue weighted by atomic mass is 9.96. The van der Waals surface area contributed by atoms with Gasteiger partial charge < -0.3 is 89.9 Å². The monoisotopic (exact) mass is 1020 g/mol. The number of rotatable bonds is 38. The molecule has 19 heteroatoms. The van der Waals surface area contributed by atoms with E-state index in [1.165, 1.54) is 96.3 Å². The van der Waals surface area contributed by atoms with Crippen LogP contribution in [0.1, 0.15) is 168 Å². The van der Waals surface area contributed by atoms with E-state index in [4.69, 9.17) is 28.4 Å². The first-order valence-corrected chi connectivity index (χ1v) is 27.1. The van der Waals surface area contributed by atoms with Crippen LogP contribution in [0.15, 0.2) is 24.3 Å². The number of hydrogen-bond acceptors (Lipinski definition) is 18. The molecule has 17 atom stereocenters. The number of amides is 1. The van der Waals surface area contributed by atoms with Gasteiger partial charge in [0.1, 0.15) is 73.2 Å². The van der Waals surface area contributed by atoms with Crippen LogP contribution in [-0.4, -0.2) is 193 Å². The number of nitrogens with one attached hydrogen (secondary N) is 1. The number of unbranched alkanes of at least 4 members (excludes halogenated alkanes) is 20. The van der Waals surface area contributed by atoms with Gasteiger partial charge in [-0.05, 0) is 32.1 Å². The van der Waals surface area contributed by atoms with Gasteiger partial charge >= 0.3 is 0 Å². The summed E-state index contributed by atoms with van der Waals surface area (Å²) in [6.45, 7) is 1.64. The highest BCUT2D eigenvalue weighted by Crippen LogP contribution is 2.33. The predicted molar refractivity (Wildman–Crippen MR) is 263 cm³/mol. The lowest BCUT2D eigenvalue weighted by Crippen LogP contribution is -2.66. The average molecular weight is 1020 g/mol. The van der Waals surface area contributed by atoms with Crippen molar-refractivity contribution >= 4 is 5.91 Å². The minimum atomic E-state index is -1.98. The molecule has 71 heavy (non-hydrogen) atoms. The molecule has 3 rings (SSSR count). The summed E-state index contributed by atoms with van der Waals surface area (Å²) in [5.74, 6) is -0.287. The zero-order valence-electron chi connectivity index (χ0n) is 42.7. The average Bonchev–Trinajstić information content (AvgIpc) is 3.36. The Labute approximate surface area is 422 Å². The Morgan fingerprint density at radius 3 is 1.41 bits per heavy atom. The summed E-state index contributed by atoms with van der Waals surface area (Å²) in [6, 6.07) is -0.982. The Morgan fingerprint density at radius 1 is 0.493 bits per heavy atom. The summed E-state index contributed by atoms with van der Waals surface area (Å²) >= 11 is 0. The Bertz CT molecular complexity index is 1410. The zero-order valence-corrected chi connectivity index (χ0v) is 42.7. The van der Waals surface area contributed by atoms with E-state index in [2.05, 4.69) is 31.3 Å². The third kappa shape index (κ3) is 22.6. The number of aliphatic hydroxyl groups is 11. The van der Waals surface area contributed by atoms with Crippen LogP contribution in [0.2, 0.25) is 0 Å². The first kappa shape index (κ1) is 63.6. The molecule has 0 radical (unpaired) electrons. The van der Waals surface area contributed by atoms with E-state index in [1.807, 2.05) is 6.08 Å². The summed E-state index contributed by atoms with van der Waals surface area (Å²) < 4.78 is 34.1. The molecule has 0 aliphatic carbocycles. The summed E-state index contributed by atoms with van der Waals surface area (Å²) in [6.07, 6.45) is 7.61. The number of allylic oxidation sites excluding steroid dienone is 3. The zero-order chi connectivity index (χ0) is 52.0. The van der Waals surface area contributed by atoms with Gasteiger partial charge in [0.05, 0.1) is 38.6 Å². The number of carbonyl (C=O) groups is 1. The van der Waals surface area contributed by atoms with Crippen LogP contribution < -0.4 is 5.32 Å². The summed E-state index contributed by atoms with van der Waals surface area (Å²) in [4.78, 5) is 13.2. The molecule has 19 nitrogen and oxygen atoms in total. The summed E-state index contributed by atoms with van der Waals surface area (Å²) in [5, 5.41) is 120. The molecule has 3 saturated heterocycles. The Kier molecular flexibility index (Phi) is 33.2. The molecule has 1 amide bonds. The smallest absolute Gasteiger partial charge is 0.220 e. The van der Waals surface area contributed by atoms with Crippen molar-refractivity contribution in [1.82, 2.24) is 5.32 Å². The second kappa shape index (κ2) is 37.1. The van der Waals surface area contributed by atoms with Crippen LogP contribution >= 0.6 is 0 Å². The maximum atomic E-state index is 13.2. The molecule has 0 spiro atoms. The van der Waals surface area contributed by atoms with Gasteiger partial charge in [0.15, 0.2) is 18.9 Å². The van der Waals surface area contributed by atoms with E-state index >= 15 is 0 Å². The molecule has 0 saturated carbocycles. The van der Waals surface area contributed by atoms with Gasteiger partial charge in [-0.15, -0.1) is 0 Å². The highest BCUT2D eigenvalue weighted by atomic mass is 16.8. The molecule has 3 fully saturated rings. The molecule has 3 aliphatic rings. The molecule has 12 N–H and O–H groups in total.